The zero-order chi connectivity index (χ0) is 18.1. The Kier molecular flexibility index (Phi) is 4.37. The molecule has 4 aromatic rings. The lowest BCUT2D eigenvalue weighted by molar-refractivity contribution is 0.893. The van der Waals surface area contributed by atoms with Crippen LogP contribution in [-0.2, 0) is 0 Å². The normalized spacial score (nSPS) is 10.8. The van der Waals surface area contributed by atoms with Gasteiger partial charge < -0.3 is 0 Å². The van der Waals surface area contributed by atoms with Crippen molar-refractivity contribution in [1.29, 1.82) is 0 Å². The molecular formula is C20H13Cl2N3O. The van der Waals surface area contributed by atoms with Crippen LogP contribution >= 0.6 is 23.2 Å². The summed E-state index contributed by atoms with van der Waals surface area (Å²) >= 11 is 12.2. The van der Waals surface area contributed by atoms with E-state index in [0.29, 0.717) is 32.3 Å². The second kappa shape index (κ2) is 6.83. The van der Waals surface area contributed by atoms with Gasteiger partial charge in [-0.2, -0.15) is 0 Å². The number of aromatic nitrogens is 2. The van der Waals surface area contributed by atoms with Gasteiger partial charge in [0.2, 0.25) is 0 Å². The highest BCUT2D eigenvalue weighted by Gasteiger charge is 2.14. The largest absolute Gasteiger partial charge is 0.290 e. The lowest BCUT2D eigenvalue weighted by atomic mass is 10.2. The van der Waals surface area contributed by atoms with Crippen LogP contribution in [0.25, 0.3) is 22.3 Å². The van der Waals surface area contributed by atoms with Crippen LogP contribution in [0.15, 0.2) is 77.6 Å². The molecule has 0 aliphatic heterocycles. The molecule has 0 amide bonds. The number of hydrogen-bond donors (Lipinski definition) is 1. The van der Waals surface area contributed by atoms with Crippen molar-refractivity contribution in [3.8, 4) is 11.4 Å². The van der Waals surface area contributed by atoms with Crippen LogP contribution in [0, 0.1) is 0 Å². The van der Waals surface area contributed by atoms with Crippen molar-refractivity contribution in [3.05, 3.63) is 93.2 Å². The van der Waals surface area contributed by atoms with Crippen LogP contribution in [-0.4, -0.2) is 9.66 Å². The molecule has 1 heterocycles. The molecule has 0 aliphatic rings. The maximum absolute atomic E-state index is 13.1. The average molecular weight is 382 g/mol. The fourth-order valence-corrected chi connectivity index (χ4v) is 3.01. The lowest BCUT2D eigenvalue weighted by Gasteiger charge is -2.16. The molecule has 0 fully saturated rings. The zero-order valence-corrected chi connectivity index (χ0v) is 15.0. The maximum Gasteiger partial charge on any atom is 0.280 e. The number of rotatable bonds is 3. The van der Waals surface area contributed by atoms with Gasteiger partial charge in [-0.05, 0) is 42.5 Å². The van der Waals surface area contributed by atoms with E-state index in [4.69, 9.17) is 23.2 Å². The van der Waals surface area contributed by atoms with E-state index >= 15 is 0 Å². The van der Waals surface area contributed by atoms with Crippen LogP contribution in [0.2, 0.25) is 10.0 Å². The SMILES string of the molecule is O=c1c2ccccc2nc(-c2ccc(Cl)c(Cl)c2)n1Nc1ccccc1. The van der Waals surface area contributed by atoms with Crippen molar-refractivity contribution in [3.63, 3.8) is 0 Å². The average Bonchev–Trinajstić information content (AvgIpc) is 2.67. The van der Waals surface area contributed by atoms with Crippen molar-refractivity contribution < 1.29 is 0 Å². The van der Waals surface area contributed by atoms with Gasteiger partial charge in [-0.15, -0.1) is 0 Å². The van der Waals surface area contributed by atoms with Crippen molar-refractivity contribution in [1.82, 2.24) is 9.66 Å². The van der Waals surface area contributed by atoms with Crippen LogP contribution in [0.1, 0.15) is 0 Å². The number of anilines is 1. The molecule has 0 spiro atoms. The first-order valence-electron chi connectivity index (χ1n) is 7.93. The first-order valence-corrected chi connectivity index (χ1v) is 8.68. The number of halogens is 2. The van der Waals surface area contributed by atoms with Gasteiger partial charge >= 0.3 is 0 Å². The Labute approximate surface area is 159 Å². The number of benzene rings is 3. The third-order valence-corrected chi connectivity index (χ3v) is 4.71. The number of para-hydroxylation sites is 2. The van der Waals surface area contributed by atoms with Gasteiger partial charge in [-0.1, -0.05) is 53.5 Å². The summed E-state index contributed by atoms with van der Waals surface area (Å²) in [5, 5.41) is 1.37. The standard InChI is InChI=1S/C20H13Cl2N3O/c21-16-11-10-13(12-17(16)22)19-23-18-9-5-4-8-15(18)20(26)25(19)24-14-6-2-1-3-7-14/h1-12,24H. The molecule has 1 N–H and O–H groups in total. The van der Waals surface area contributed by atoms with E-state index in [1.165, 1.54) is 4.68 Å². The zero-order valence-electron chi connectivity index (χ0n) is 13.5. The molecule has 4 nitrogen and oxygen atoms in total. The minimum Gasteiger partial charge on any atom is -0.290 e. The molecule has 0 saturated carbocycles. The summed E-state index contributed by atoms with van der Waals surface area (Å²) in [6.45, 7) is 0. The van der Waals surface area contributed by atoms with Gasteiger partial charge in [0, 0.05) is 5.56 Å². The minimum absolute atomic E-state index is 0.194. The predicted octanol–water partition coefficient (Wildman–Crippen LogP) is 5.25. The highest BCUT2D eigenvalue weighted by molar-refractivity contribution is 6.42. The summed E-state index contributed by atoms with van der Waals surface area (Å²) in [4.78, 5) is 17.8. The number of hydrogen-bond acceptors (Lipinski definition) is 3. The Morgan fingerprint density at radius 2 is 1.58 bits per heavy atom. The summed E-state index contributed by atoms with van der Waals surface area (Å²) < 4.78 is 1.43. The van der Waals surface area contributed by atoms with Gasteiger partial charge in [0.05, 0.1) is 26.6 Å². The Hall–Kier alpha value is -2.82. The van der Waals surface area contributed by atoms with E-state index in [1.54, 1.807) is 24.3 Å². The fraction of sp³-hybridized carbons (Fsp3) is 0. The Morgan fingerprint density at radius 1 is 0.846 bits per heavy atom. The summed E-state index contributed by atoms with van der Waals surface area (Å²) in [7, 11) is 0. The molecule has 3 aromatic carbocycles. The molecule has 0 radical (unpaired) electrons. The molecule has 0 saturated heterocycles. The van der Waals surface area contributed by atoms with E-state index < -0.39 is 0 Å². The molecule has 1 aromatic heterocycles. The molecule has 0 bridgehead atoms. The second-order valence-corrected chi connectivity index (χ2v) is 6.51. The first kappa shape index (κ1) is 16.6. The van der Waals surface area contributed by atoms with Gasteiger partial charge in [0.1, 0.15) is 0 Å². The van der Waals surface area contributed by atoms with E-state index in [0.717, 1.165) is 5.69 Å². The van der Waals surface area contributed by atoms with Crippen molar-refractivity contribution in [2.45, 2.75) is 0 Å². The summed E-state index contributed by atoms with van der Waals surface area (Å²) in [6.07, 6.45) is 0. The van der Waals surface area contributed by atoms with Gasteiger partial charge in [0.25, 0.3) is 5.56 Å². The summed E-state index contributed by atoms with van der Waals surface area (Å²) in [6, 6.07) is 21.8. The Morgan fingerprint density at radius 3 is 2.35 bits per heavy atom. The highest BCUT2D eigenvalue weighted by atomic mass is 35.5. The number of nitrogens with zero attached hydrogens (tertiary/aromatic N) is 2. The fourth-order valence-electron chi connectivity index (χ4n) is 2.71. The van der Waals surface area contributed by atoms with Crippen LogP contribution < -0.4 is 11.0 Å². The Bertz CT molecular complexity index is 1160. The minimum atomic E-state index is -0.194. The van der Waals surface area contributed by atoms with Gasteiger partial charge in [0.15, 0.2) is 5.82 Å². The topological polar surface area (TPSA) is 46.9 Å². The quantitative estimate of drug-likeness (QED) is 0.527. The van der Waals surface area contributed by atoms with Crippen LogP contribution in [0.3, 0.4) is 0 Å². The third-order valence-electron chi connectivity index (χ3n) is 3.97. The number of nitrogens with one attached hydrogen (secondary N) is 1. The van der Waals surface area contributed by atoms with Crippen LogP contribution in [0.4, 0.5) is 5.69 Å². The number of fused-ring (bicyclic) bond motifs is 1. The highest BCUT2D eigenvalue weighted by Crippen LogP contribution is 2.28. The maximum atomic E-state index is 13.1. The monoisotopic (exact) mass is 381 g/mol. The van der Waals surface area contributed by atoms with Gasteiger partial charge in [-0.25, -0.2) is 9.66 Å². The molecule has 128 valence electrons. The second-order valence-electron chi connectivity index (χ2n) is 5.70. The summed E-state index contributed by atoms with van der Waals surface area (Å²) in [5.74, 6) is 0.455. The third kappa shape index (κ3) is 3.05. The molecule has 4 rings (SSSR count). The first-order chi connectivity index (χ1) is 12.6. The van der Waals surface area contributed by atoms with E-state index in [9.17, 15) is 4.79 Å². The van der Waals surface area contributed by atoms with E-state index in [1.807, 2.05) is 48.5 Å². The van der Waals surface area contributed by atoms with Crippen molar-refractivity contribution in [2.24, 2.45) is 0 Å². The molecule has 0 atom stereocenters. The molecular weight excluding hydrogens is 369 g/mol. The Balaban J connectivity index is 1.98. The molecule has 6 heteroatoms. The molecule has 0 aliphatic carbocycles. The van der Waals surface area contributed by atoms with Crippen LogP contribution in [0.5, 0.6) is 0 Å². The molecule has 26 heavy (non-hydrogen) atoms. The predicted molar refractivity (Wildman–Crippen MR) is 107 cm³/mol. The summed E-state index contributed by atoms with van der Waals surface area (Å²) in [5.41, 5.74) is 5.01. The smallest absolute Gasteiger partial charge is 0.280 e. The van der Waals surface area contributed by atoms with Gasteiger partial charge in [-0.3, -0.25) is 10.2 Å². The lowest BCUT2D eigenvalue weighted by Crippen LogP contribution is -2.29. The van der Waals surface area contributed by atoms with Crippen molar-refractivity contribution in [2.75, 3.05) is 5.43 Å². The van der Waals surface area contributed by atoms with E-state index in [2.05, 4.69) is 10.4 Å². The molecule has 0 unspecified atom stereocenters. The van der Waals surface area contributed by atoms with Crippen molar-refractivity contribution >= 4 is 39.8 Å². The van der Waals surface area contributed by atoms with E-state index in [-0.39, 0.29) is 5.56 Å².